The smallest absolute Gasteiger partial charge is 0.253 e. The number of nitrogens with zero attached hydrogens (tertiary/aromatic N) is 4. The first-order valence-electron chi connectivity index (χ1n) is 10.2. The van der Waals surface area contributed by atoms with Crippen LogP contribution in [0, 0.1) is 5.82 Å². The van der Waals surface area contributed by atoms with E-state index in [1.165, 1.54) is 6.07 Å². The molecule has 0 unspecified atom stereocenters. The summed E-state index contributed by atoms with van der Waals surface area (Å²) in [4.78, 5) is 8.69. The van der Waals surface area contributed by atoms with Gasteiger partial charge in [-0.3, -0.25) is 0 Å². The van der Waals surface area contributed by atoms with E-state index in [9.17, 15) is 4.39 Å². The van der Waals surface area contributed by atoms with Gasteiger partial charge >= 0.3 is 0 Å². The molecule has 2 N–H and O–H groups in total. The van der Waals surface area contributed by atoms with Gasteiger partial charge in [0.05, 0.1) is 5.69 Å². The lowest BCUT2D eigenvalue weighted by atomic mass is 10.0. The number of nitrogens with two attached hydrogens (primary N) is 1. The topological polar surface area (TPSA) is 70.9 Å². The van der Waals surface area contributed by atoms with Crippen LogP contribution in [0.3, 0.4) is 0 Å². The molecule has 4 rings (SSSR count). The van der Waals surface area contributed by atoms with E-state index in [4.69, 9.17) is 10.3 Å². The van der Waals surface area contributed by atoms with Crippen LogP contribution in [-0.4, -0.2) is 54.1 Å². The number of aryl methyl sites for hydroxylation is 2. The number of rotatable bonds is 5. The van der Waals surface area contributed by atoms with Gasteiger partial charge in [-0.05, 0) is 37.1 Å². The molecule has 0 bridgehead atoms. The largest absolute Gasteiger partial charge is 0.369 e. The Morgan fingerprint density at radius 3 is 2.53 bits per heavy atom. The fourth-order valence-corrected chi connectivity index (χ4v) is 3.51. The van der Waals surface area contributed by atoms with Crippen LogP contribution in [0.5, 0.6) is 0 Å². The first-order valence-corrected chi connectivity index (χ1v) is 10.2. The van der Waals surface area contributed by atoms with Crippen molar-refractivity contribution in [3.05, 3.63) is 71.7 Å². The minimum atomic E-state index is -0.211. The van der Waals surface area contributed by atoms with Crippen molar-refractivity contribution in [1.29, 1.82) is 0 Å². The first-order chi connectivity index (χ1) is 14.6. The highest BCUT2D eigenvalue weighted by Gasteiger charge is 2.16. The molecule has 0 atom stereocenters. The molecule has 7 heteroatoms. The summed E-state index contributed by atoms with van der Waals surface area (Å²) in [5, 5.41) is 4.10. The van der Waals surface area contributed by atoms with Crippen molar-refractivity contribution < 1.29 is 8.91 Å². The lowest BCUT2D eigenvalue weighted by Crippen LogP contribution is -2.49. The van der Waals surface area contributed by atoms with Crippen molar-refractivity contribution in [1.82, 2.24) is 15.0 Å². The van der Waals surface area contributed by atoms with Crippen molar-refractivity contribution in [2.45, 2.75) is 12.8 Å². The van der Waals surface area contributed by atoms with Gasteiger partial charge in [0.15, 0.2) is 5.96 Å². The third-order valence-electron chi connectivity index (χ3n) is 5.41. The second-order valence-electron chi connectivity index (χ2n) is 7.59. The minimum Gasteiger partial charge on any atom is -0.369 e. The highest BCUT2D eigenvalue weighted by molar-refractivity contribution is 5.80. The van der Waals surface area contributed by atoms with Crippen LogP contribution in [-0.2, 0) is 12.8 Å². The van der Waals surface area contributed by atoms with Gasteiger partial charge in [-0.1, -0.05) is 47.6 Å². The standard InChI is InChI=1S/C23H26FN5O/c1-28-12-14-29(15-13-28)23(25)26-22-16-19(27-30-22)11-8-17-6-9-18(10-7-17)20-4-2-3-5-21(20)24/h2-7,9-10,16H,8,11-15H2,1H3,(H2,25,26). The van der Waals surface area contributed by atoms with Crippen LogP contribution < -0.4 is 5.73 Å². The molecule has 1 aromatic heterocycles. The maximum Gasteiger partial charge on any atom is 0.253 e. The quantitative estimate of drug-likeness (QED) is 0.518. The molecule has 1 aliphatic heterocycles. The summed E-state index contributed by atoms with van der Waals surface area (Å²) in [6.45, 7) is 3.65. The van der Waals surface area contributed by atoms with Crippen LogP contribution in [0.25, 0.3) is 11.1 Å². The number of halogens is 1. The van der Waals surface area contributed by atoms with Gasteiger partial charge in [0.1, 0.15) is 5.82 Å². The third-order valence-corrected chi connectivity index (χ3v) is 5.41. The molecule has 0 amide bonds. The van der Waals surface area contributed by atoms with Gasteiger partial charge in [-0.15, -0.1) is 0 Å². The molecule has 2 heterocycles. The number of hydrogen-bond donors (Lipinski definition) is 1. The van der Waals surface area contributed by atoms with E-state index in [-0.39, 0.29) is 5.82 Å². The summed E-state index contributed by atoms with van der Waals surface area (Å²) in [7, 11) is 2.10. The molecule has 6 nitrogen and oxygen atoms in total. The maximum atomic E-state index is 13.9. The summed E-state index contributed by atoms with van der Waals surface area (Å²) >= 11 is 0. The van der Waals surface area contributed by atoms with Gasteiger partial charge in [0.2, 0.25) is 0 Å². The summed E-state index contributed by atoms with van der Waals surface area (Å²) in [5.41, 5.74) is 9.58. The lowest BCUT2D eigenvalue weighted by Gasteiger charge is -2.32. The molecule has 0 spiro atoms. The number of guanidine groups is 1. The molecule has 1 aliphatic rings. The van der Waals surface area contributed by atoms with E-state index >= 15 is 0 Å². The van der Waals surface area contributed by atoms with Gasteiger partial charge in [0.25, 0.3) is 5.88 Å². The Balaban J connectivity index is 1.34. The molecule has 0 radical (unpaired) electrons. The number of aliphatic imine (C=N–C) groups is 1. The highest BCUT2D eigenvalue weighted by Crippen LogP contribution is 2.23. The van der Waals surface area contributed by atoms with E-state index in [1.807, 2.05) is 36.4 Å². The van der Waals surface area contributed by atoms with Gasteiger partial charge < -0.3 is 20.1 Å². The zero-order valence-electron chi connectivity index (χ0n) is 17.1. The van der Waals surface area contributed by atoms with Crippen molar-refractivity contribution >= 4 is 11.8 Å². The zero-order valence-corrected chi connectivity index (χ0v) is 17.1. The van der Waals surface area contributed by atoms with E-state index in [2.05, 4.69) is 27.0 Å². The summed E-state index contributed by atoms with van der Waals surface area (Å²) in [5.74, 6) is 0.683. The number of aromatic nitrogens is 1. The average molecular weight is 407 g/mol. The molecule has 0 aliphatic carbocycles. The minimum absolute atomic E-state index is 0.211. The van der Waals surface area contributed by atoms with Crippen LogP contribution in [0.15, 0.2) is 64.1 Å². The number of likely N-dealkylation sites (N-methyl/N-ethyl adjacent to an activating group) is 1. The molecule has 0 saturated carbocycles. The Bertz CT molecular complexity index is 1010. The van der Waals surface area contributed by atoms with E-state index in [0.717, 1.165) is 55.8 Å². The van der Waals surface area contributed by atoms with E-state index in [1.54, 1.807) is 12.1 Å². The monoisotopic (exact) mass is 407 g/mol. The number of hydrogen-bond acceptors (Lipinski definition) is 4. The fraction of sp³-hybridized carbons (Fsp3) is 0.304. The highest BCUT2D eigenvalue weighted by atomic mass is 19.1. The predicted octanol–water partition coefficient (Wildman–Crippen LogP) is 3.46. The third kappa shape index (κ3) is 4.86. The molecule has 30 heavy (non-hydrogen) atoms. The van der Waals surface area contributed by atoms with Crippen LogP contribution in [0.4, 0.5) is 10.3 Å². The molecule has 1 fully saturated rings. The second-order valence-corrected chi connectivity index (χ2v) is 7.59. The summed E-state index contributed by atoms with van der Waals surface area (Å²) in [6, 6.07) is 16.6. The lowest BCUT2D eigenvalue weighted by molar-refractivity contribution is 0.214. The van der Waals surface area contributed by atoms with Crippen LogP contribution in [0.1, 0.15) is 11.3 Å². The molecule has 3 aromatic rings. The molecule has 156 valence electrons. The van der Waals surface area contributed by atoms with Crippen molar-refractivity contribution in [2.75, 3.05) is 33.2 Å². The summed E-state index contributed by atoms with van der Waals surface area (Å²) in [6.07, 6.45) is 1.54. The van der Waals surface area contributed by atoms with Crippen LogP contribution >= 0.6 is 0 Å². The molecular formula is C23H26FN5O. The van der Waals surface area contributed by atoms with Gasteiger partial charge in [-0.2, -0.15) is 4.99 Å². The Labute approximate surface area is 175 Å². The number of piperazine rings is 1. The SMILES string of the molecule is CN1CCN(C(N)=Nc2cc(CCc3ccc(-c4ccccc4F)cc3)no2)CC1. The van der Waals surface area contributed by atoms with Crippen molar-refractivity contribution in [2.24, 2.45) is 10.7 Å². The number of benzene rings is 2. The first kappa shape index (κ1) is 20.1. The van der Waals surface area contributed by atoms with Crippen molar-refractivity contribution in [3.63, 3.8) is 0 Å². The van der Waals surface area contributed by atoms with Gasteiger partial charge in [0, 0.05) is 37.8 Å². The molecule has 1 saturated heterocycles. The second kappa shape index (κ2) is 9.09. The molecular weight excluding hydrogens is 381 g/mol. The Kier molecular flexibility index (Phi) is 6.09. The predicted molar refractivity (Wildman–Crippen MR) is 116 cm³/mol. The maximum absolute atomic E-state index is 13.9. The Morgan fingerprint density at radius 1 is 1.07 bits per heavy atom. The Hall–Kier alpha value is -3.19. The molecule has 2 aromatic carbocycles. The van der Waals surface area contributed by atoms with Crippen molar-refractivity contribution in [3.8, 4) is 11.1 Å². The Morgan fingerprint density at radius 2 is 1.80 bits per heavy atom. The zero-order chi connectivity index (χ0) is 20.9. The van der Waals surface area contributed by atoms with E-state index < -0.39 is 0 Å². The normalized spacial score (nSPS) is 15.5. The van der Waals surface area contributed by atoms with E-state index in [0.29, 0.717) is 17.4 Å². The average Bonchev–Trinajstić information content (AvgIpc) is 3.21. The van der Waals surface area contributed by atoms with Crippen LogP contribution in [0.2, 0.25) is 0 Å². The summed E-state index contributed by atoms with van der Waals surface area (Å²) < 4.78 is 19.3. The fourth-order valence-electron chi connectivity index (χ4n) is 3.51. The van der Waals surface area contributed by atoms with Gasteiger partial charge in [-0.25, -0.2) is 4.39 Å².